The fourth-order valence-electron chi connectivity index (χ4n) is 3.14. The second kappa shape index (κ2) is 6.12. The lowest BCUT2D eigenvalue weighted by molar-refractivity contribution is -0.156. The zero-order valence-corrected chi connectivity index (χ0v) is 12.8. The third-order valence-corrected chi connectivity index (χ3v) is 4.66. The molecule has 2 aliphatic rings. The molecule has 0 aromatic heterocycles. The zero-order valence-electron chi connectivity index (χ0n) is 12.8. The van der Waals surface area contributed by atoms with E-state index in [2.05, 4.69) is 5.32 Å². The maximum atomic E-state index is 12.9. The van der Waals surface area contributed by atoms with Crippen molar-refractivity contribution in [2.45, 2.75) is 57.5 Å². The molecule has 0 spiro atoms. The van der Waals surface area contributed by atoms with Crippen LogP contribution in [0.1, 0.15) is 46.0 Å². The van der Waals surface area contributed by atoms with Gasteiger partial charge in [0.25, 0.3) is 0 Å². The molecule has 1 aliphatic heterocycles. The summed E-state index contributed by atoms with van der Waals surface area (Å²) >= 11 is 0. The van der Waals surface area contributed by atoms with Crippen LogP contribution in [0.15, 0.2) is 0 Å². The summed E-state index contributed by atoms with van der Waals surface area (Å²) in [5, 5.41) is 3.01. The zero-order chi connectivity index (χ0) is 14.8. The topological polar surface area (TPSA) is 58.6 Å². The number of carbonyl (C=O) groups is 2. The van der Waals surface area contributed by atoms with Gasteiger partial charge in [-0.15, -0.1) is 0 Å². The van der Waals surface area contributed by atoms with Gasteiger partial charge in [-0.3, -0.25) is 9.59 Å². The van der Waals surface area contributed by atoms with Crippen molar-refractivity contribution in [2.75, 3.05) is 20.3 Å². The van der Waals surface area contributed by atoms with E-state index in [4.69, 9.17) is 4.74 Å². The van der Waals surface area contributed by atoms with Gasteiger partial charge < -0.3 is 15.0 Å². The molecule has 1 heterocycles. The Kier molecular flexibility index (Phi) is 4.68. The second-order valence-corrected chi connectivity index (χ2v) is 5.91. The molecular weight excluding hydrogens is 256 g/mol. The third-order valence-electron chi connectivity index (χ3n) is 4.66. The van der Waals surface area contributed by atoms with E-state index in [1.807, 2.05) is 18.7 Å². The molecule has 2 amide bonds. The van der Waals surface area contributed by atoms with E-state index in [0.717, 1.165) is 19.3 Å². The summed E-state index contributed by atoms with van der Waals surface area (Å²) in [6.45, 7) is 5.16. The Morgan fingerprint density at radius 1 is 1.30 bits per heavy atom. The van der Waals surface area contributed by atoms with Gasteiger partial charge in [-0.1, -0.05) is 13.8 Å². The van der Waals surface area contributed by atoms with Crippen molar-refractivity contribution >= 4 is 11.8 Å². The number of hydrogen-bond acceptors (Lipinski definition) is 3. The van der Waals surface area contributed by atoms with Gasteiger partial charge in [0.2, 0.25) is 11.8 Å². The maximum absolute atomic E-state index is 12.9. The lowest BCUT2D eigenvalue weighted by Gasteiger charge is -2.45. The predicted molar refractivity (Wildman–Crippen MR) is 76.2 cm³/mol. The molecule has 1 saturated heterocycles. The molecule has 0 aromatic rings. The molecule has 0 radical (unpaired) electrons. The Bertz CT molecular complexity index is 375. The molecule has 1 atom stereocenters. The lowest BCUT2D eigenvalue weighted by atomic mass is 9.86. The van der Waals surface area contributed by atoms with E-state index in [1.165, 1.54) is 0 Å². The number of nitrogens with one attached hydrogen (secondary N) is 1. The molecule has 2 rings (SSSR count). The Balaban J connectivity index is 2.19. The first-order chi connectivity index (χ1) is 9.59. The van der Waals surface area contributed by atoms with E-state index in [0.29, 0.717) is 31.9 Å². The van der Waals surface area contributed by atoms with Crippen molar-refractivity contribution in [1.82, 2.24) is 10.2 Å². The highest BCUT2D eigenvalue weighted by molar-refractivity contribution is 6.00. The van der Waals surface area contributed by atoms with Gasteiger partial charge in [-0.2, -0.15) is 0 Å². The first-order valence-corrected chi connectivity index (χ1v) is 7.71. The van der Waals surface area contributed by atoms with Crippen LogP contribution >= 0.6 is 0 Å². The van der Waals surface area contributed by atoms with Crippen LogP contribution in [0.3, 0.4) is 0 Å². The number of nitrogens with zero attached hydrogens (tertiary/aromatic N) is 1. The van der Waals surface area contributed by atoms with Crippen molar-refractivity contribution in [3.05, 3.63) is 0 Å². The van der Waals surface area contributed by atoms with Crippen LogP contribution in [0.25, 0.3) is 0 Å². The van der Waals surface area contributed by atoms with Crippen LogP contribution in [-0.4, -0.2) is 48.6 Å². The summed E-state index contributed by atoms with van der Waals surface area (Å²) in [6.07, 6.45) is 4.18. The molecule has 0 bridgehead atoms. The van der Waals surface area contributed by atoms with Crippen LogP contribution in [-0.2, 0) is 14.3 Å². The number of ether oxygens (including phenoxy) is 1. The molecule has 5 heteroatoms. The first kappa shape index (κ1) is 15.3. The molecule has 0 aromatic carbocycles. The van der Waals surface area contributed by atoms with Crippen LogP contribution in [0.2, 0.25) is 0 Å². The van der Waals surface area contributed by atoms with Crippen LogP contribution in [0, 0.1) is 5.92 Å². The van der Waals surface area contributed by atoms with Gasteiger partial charge in [0, 0.05) is 20.3 Å². The summed E-state index contributed by atoms with van der Waals surface area (Å²) in [6, 6.07) is -0.259. The van der Waals surface area contributed by atoms with E-state index in [1.54, 1.807) is 7.11 Å². The van der Waals surface area contributed by atoms with Gasteiger partial charge in [0.15, 0.2) is 0 Å². The van der Waals surface area contributed by atoms with Gasteiger partial charge in [-0.25, -0.2) is 0 Å². The van der Waals surface area contributed by atoms with Crippen molar-refractivity contribution < 1.29 is 14.3 Å². The SMILES string of the molecule is CCC1(CC)NC(=O)C(C2CC2)N(CCCOC)C1=O. The summed E-state index contributed by atoms with van der Waals surface area (Å²) in [4.78, 5) is 27.1. The molecule has 20 heavy (non-hydrogen) atoms. The number of piperazine rings is 1. The summed E-state index contributed by atoms with van der Waals surface area (Å²) < 4.78 is 5.07. The predicted octanol–water partition coefficient (Wildman–Crippen LogP) is 1.32. The molecule has 1 unspecified atom stereocenters. The molecular formula is C15H26N2O3. The van der Waals surface area contributed by atoms with E-state index in [-0.39, 0.29) is 17.9 Å². The van der Waals surface area contributed by atoms with Crippen LogP contribution in [0.4, 0.5) is 0 Å². The molecule has 1 N–H and O–H groups in total. The largest absolute Gasteiger partial charge is 0.385 e. The van der Waals surface area contributed by atoms with Crippen molar-refractivity contribution in [3.63, 3.8) is 0 Å². The van der Waals surface area contributed by atoms with Gasteiger partial charge in [0.1, 0.15) is 11.6 Å². The molecule has 2 fully saturated rings. The summed E-state index contributed by atoms with van der Waals surface area (Å²) in [7, 11) is 1.66. The number of carbonyl (C=O) groups excluding carboxylic acids is 2. The molecule has 5 nitrogen and oxygen atoms in total. The van der Waals surface area contributed by atoms with Crippen LogP contribution < -0.4 is 5.32 Å². The minimum atomic E-state index is -0.699. The number of methoxy groups -OCH3 is 1. The minimum absolute atomic E-state index is 0.0354. The molecule has 1 aliphatic carbocycles. The van der Waals surface area contributed by atoms with Gasteiger partial charge in [-0.05, 0) is 38.0 Å². The highest BCUT2D eigenvalue weighted by atomic mass is 16.5. The van der Waals surface area contributed by atoms with Crippen molar-refractivity contribution in [2.24, 2.45) is 5.92 Å². The second-order valence-electron chi connectivity index (χ2n) is 5.91. The van der Waals surface area contributed by atoms with Gasteiger partial charge in [0.05, 0.1) is 0 Å². The highest BCUT2D eigenvalue weighted by Gasteiger charge is 2.52. The number of hydrogen-bond donors (Lipinski definition) is 1. The number of amides is 2. The van der Waals surface area contributed by atoms with Crippen molar-refractivity contribution in [1.29, 1.82) is 0 Å². The van der Waals surface area contributed by atoms with E-state index in [9.17, 15) is 9.59 Å². The summed E-state index contributed by atoms with van der Waals surface area (Å²) in [5.41, 5.74) is -0.699. The Morgan fingerprint density at radius 3 is 2.45 bits per heavy atom. The Morgan fingerprint density at radius 2 is 1.95 bits per heavy atom. The van der Waals surface area contributed by atoms with Gasteiger partial charge >= 0.3 is 0 Å². The molecule has 1 saturated carbocycles. The molecule has 114 valence electrons. The first-order valence-electron chi connectivity index (χ1n) is 7.71. The smallest absolute Gasteiger partial charge is 0.248 e. The lowest BCUT2D eigenvalue weighted by Crippen LogP contribution is -2.70. The van der Waals surface area contributed by atoms with E-state index >= 15 is 0 Å². The minimum Gasteiger partial charge on any atom is -0.385 e. The summed E-state index contributed by atoms with van der Waals surface area (Å²) in [5.74, 6) is 0.483. The highest BCUT2D eigenvalue weighted by Crippen LogP contribution is 2.39. The van der Waals surface area contributed by atoms with E-state index < -0.39 is 5.54 Å². The quantitative estimate of drug-likeness (QED) is 0.716. The third kappa shape index (κ3) is 2.68. The average molecular weight is 282 g/mol. The maximum Gasteiger partial charge on any atom is 0.248 e. The fraction of sp³-hybridized carbons (Fsp3) is 0.867. The van der Waals surface area contributed by atoms with Crippen LogP contribution in [0.5, 0.6) is 0 Å². The number of rotatable bonds is 7. The normalized spacial score (nSPS) is 25.8. The standard InChI is InChI=1S/C15H26N2O3/c1-4-15(5-2)14(19)17(9-6-10-20-3)12(11-7-8-11)13(18)16-15/h11-12H,4-10H2,1-3H3,(H,16,18). The average Bonchev–Trinajstić information content (AvgIpc) is 3.27. The monoisotopic (exact) mass is 282 g/mol. The Hall–Kier alpha value is -1.10. The van der Waals surface area contributed by atoms with Crippen molar-refractivity contribution in [3.8, 4) is 0 Å². The fourth-order valence-corrected chi connectivity index (χ4v) is 3.14. The Labute approximate surface area is 121 Å².